The molecule has 2 heterocycles. The first kappa shape index (κ1) is 16.1. The van der Waals surface area contributed by atoms with Crippen molar-refractivity contribution in [1.29, 1.82) is 5.26 Å². The smallest absolute Gasteiger partial charge is 0.394 e. The summed E-state index contributed by atoms with van der Waals surface area (Å²) in [6.07, 6.45) is -3.32. The van der Waals surface area contributed by atoms with Gasteiger partial charge in [0, 0.05) is 24.7 Å². The number of para-hydroxylation sites is 1. The summed E-state index contributed by atoms with van der Waals surface area (Å²) in [4.78, 5) is 16.7. The first-order chi connectivity index (χ1) is 11.3. The fraction of sp³-hybridized carbons (Fsp3) is 0.312. The van der Waals surface area contributed by atoms with E-state index in [-0.39, 0.29) is 12.1 Å². The second kappa shape index (κ2) is 5.67. The van der Waals surface area contributed by atoms with E-state index in [1.54, 1.807) is 24.3 Å². The number of aliphatic carboxylic acids is 1. The maximum atomic E-state index is 13.2. The minimum absolute atomic E-state index is 0.126. The van der Waals surface area contributed by atoms with Crippen molar-refractivity contribution in [3.63, 3.8) is 0 Å². The highest BCUT2D eigenvalue weighted by molar-refractivity contribution is 5.94. The molecule has 1 aromatic heterocycles. The Balaban J connectivity index is 2.12. The number of carboxylic acids is 1. The number of hydrogen-bond acceptors (Lipinski definition) is 4. The van der Waals surface area contributed by atoms with Gasteiger partial charge in [-0.2, -0.15) is 18.4 Å². The number of pyridine rings is 1. The van der Waals surface area contributed by atoms with Crippen molar-refractivity contribution < 1.29 is 23.1 Å². The van der Waals surface area contributed by atoms with E-state index in [9.17, 15) is 23.2 Å². The number of nitriles is 1. The lowest BCUT2D eigenvalue weighted by Crippen LogP contribution is -2.33. The van der Waals surface area contributed by atoms with E-state index in [1.165, 1.54) is 11.1 Å². The van der Waals surface area contributed by atoms with Gasteiger partial charge < -0.3 is 10.0 Å². The third-order valence-electron chi connectivity index (χ3n) is 4.24. The van der Waals surface area contributed by atoms with Gasteiger partial charge in [-0.1, -0.05) is 18.2 Å². The molecule has 0 unspecified atom stereocenters. The Morgan fingerprint density at radius 2 is 2.04 bits per heavy atom. The first-order valence-corrected chi connectivity index (χ1v) is 7.15. The molecular weight excluding hydrogens is 323 g/mol. The molecule has 2 atom stereocenters. The lowest BCUT2D eigenvalue weighted by molar-refractivity contribution is -0.187. The molecule has 24 heavy (non-hydrogen) atoms. The molecule has 3 rings (SSSR count). The zero-order valence-corrected chi connectivity index (χ0v) is 12.3. The molecule has 2 aromatic rings. The number of nitrogens with zero attached hydrogens (tertiary/aromatic N) is 3. The Kier molecular flexibility index (Phi) is 3.79. The van der Waals surface area contributed by atoms with Crippen molar-refractivity contribution >= 4 is 22.6 Å². The number of halogens is 3. The Bertz CT molecular complexity index is 845. The Hall–Kier alpha value is -2.82. The number of anilines is 1. The van der Waals surface area contributed by atoms with Crippen LogP contribution < -0.4 is 4.90 Å². The van der Waals surface area contributed by atoms with Gasteiger partial charge in [-0.05, 0) is 6.07 Å². The maximum absolute atomic E-state index is 13.2. The lowest BCUT2D eigenvalue weighted by atomic mass is 9.96. The number of rotatable bonds is 2. The van der Waals surface area contributed by atoms with Crippen LogP contribution in [0.2, 0.25) is 0 Å². The van der Waals surface area contributed by atoms with E-state index in [0.717, 1.165) is 0 Å². The standard InChI is InChI=1S/C16H12F3N3O2/c17-16(18,19)12-8-22(7-11(12)15(23)24)14-9(5-20)6-21-13-4-2-1-3-10(13)14/h1-4,6,11-12H,7-8H2,(H,23,24)/t11-,12-/m1/s1. The average Bonchev–Trinajstić information content (AvgIpc) is 2.99. The van der Waals surface area contributed by atoms with Crippen LogP contribution in [0.25, 0.3) is 10.9 Å². The number of carbonyl (C=O) groups is 1. The fourth-order valence-electron chi connectivity index (χ4n) is 3.12. The molecule has 1 N–H and O–H groups in total. The lowest BCUT2D eigenvalue weighted by Gasteiger charge is -2.22. The van der Waals surface area contributed by atoms with Crippen molar-refractivity contribution in [1.82, 2.24) is 4.98 Å². The van der Waals surface area contributed by atoms with E-state index in [1.807, 2.05) is 6.07 Å². The first-order valence-electron chi connectivity index (χ1n) is 7.15. The molecule has 5 nitrogen and oxygen atoms in total. The highest BCUT2D eigenvalue weighted by Gasteiger charge is 2.53. The van der Waals surface area contributed by atoms with Crippen molar-refractivity contribution in [3.8, 4) is 6.07 Å². The summed E-state index contributed by atoms with van der Waals surface area (Å²) < 4.78 is 39.6. The summed E-state index contributed by atoms with van der Waals surface area (Å²) >= 11 is 0. The second-order valence-corrected chi connectivity index (χ2v) is 5.65. The third kappa shape index (κ3) is 2.62. The van der Waals surface area contributed by atoms with Crippen LogP contribution in [0.1, 0.15) is 5.56 Å². The molecule has 0 saturated carbocycles. The molecule has 1 aromatic carbocycles. The number of alkyl halides is 3. The van der Waals surface area contributed by atoms with Gasteiger partial charge in [0.05, 0.1) is 28.6 Å². The topological polar surface area (TPSA) is 77.2 Å². The van der Waals surface area contributed by atoms with Crippen LogP contribution in [0.5, 0.6) is 0 Å². The van der Waals surface area contributed by atoms with Gasteiger partial charge in [0.1, 0.15) is 6.07 Å². The molecule has 1 aliphatic rings. The van der Waals surface area contributed by atoms with Gasteiger partial charge in [0.25, 0.3) is 0 Å². The molecule has 1 fully saturated rings. The van der Waals surface area contributed by atoms with Gasteiger partial charge >= 0.3 is 12.1 Å². The number of aromatic nitrogens is 1. The number of carboxylic acid groups (broad SMARTS) is 1. The SMILES string of the molecule is N#Cc1cnc2ccccc2c1N1C[C@@H](C(F)(F)F)[C@H](C(=O)O)C1. The fourth-order valence-corrected chi connectivity index (χ4v) is 3.12. The van der Waals surface area contributed by atoms with Gasteiger partial charge in [-0.3, -0.25) is 9.78 Å². The molecule has 0 radical (unpaired) electrons. The molecule has 0 spiro atoms. The van der Waals surface area contributed by atoms with Gasteiger partial charge in [0.2, 0.25) is 0 Å². The van der Waals surface area contributed by atoms with Gasteiger partial charge in [0.15, 0.2) is 0 Å². The van der Waals surface area contributed by atoms with Crippen LogP contribution in [0.15, 0.2) is 30.5 Å². The average molecular weight is 335 g/mol. The molecular formula is C16H12F3N3O2. The Morgan fingerprint density at radius 3 is 2.62 bits per heavy atom. The van der Waals surface area contributed by atoms with Crippen molar-refractivity contribution in [2.75, 3.05) is 18.0 Å². The van der Waals surface area contributed by atoms with Crippen molar-refractivity contribution in [3.05, 3.63) is 36.0 Å². The van der Waals surface area contributed by atoms with Crippen LogP contribution in [0.3, 0.4) is 0 Å². The molecule has 0 aliphatic carbocycles. The van der Waals surface area contributed by atoms with Gasteiger partial charge in [-0.25, -0.2) is 0 Å². The Morgan fingerprint density at radius 1 is 1.33 bits per heavy atom. The van der Waals surface area contributed by atoms with E-state index in [4.69, 9.17) is 5.11 Å². The molecule has 0 amide bonds. The normalized spacial score (nSPS) is 21.0. The summed E-state index contributed by atoms with van der Waals surface area (Å²) in [6, 6.07) is 8.70. The molecule has 124 valence electrons. The van der Waals surface area contributed by atoms with E-state index < -0.39 is 30.5 Å². The highest BCUT2D eigenvalue weighted by Crippen LogP contribution is 2.41. The number of benzene rings is 1. The minimum atomic E-state index is -4.62. The van der Waals surface area contributed by atoms with Crippen LogP contribution in [0.4, 0.5) is 18.9 Å². The zero-order chi connectivity index (χ0) is 17.5. The minimum Gasteiger partial charge on any atom is -0.481 e. The van der Waals surface area contributed by atoms with E-state index >= 15 is 0 Å². The van der Waals surface area contributed by atoms with Crippen LogP contribution in [-0.2, 0) is 4.79 Å². The third-order valence-corrected chi connectivity index (χ3v) is 4.24. The summed E-state index contributed by atoms with van der Waals surface area (Å²) in [7, 11) is 0. The van der Waals surface area contributed by atoms with Crippen LogP contribution in [-0.4, -0.2) is 35.3 Å². The van der Waals surface area contributed by atoms with Crippen molar-refractivity contribution in [2.24, 2.45) is 11.8 Å². The van der Waals surface area contributed by atoms with Crippen LogP contribution in [0, 0.1) is 23.2 Å². The second-order valence-electron chi connectivity index (χ2n) is 5.65. The van der Waals surface area contributed by atoms with E-state index in [0.29, 0.717) is 16.6 Å². The summed E-state index contributed by atoms with van der Waals surface area (Å²) in [6.45, 7) is -0.800. The van der Waals surface area contributed by atoms with Crippen LogP contribution >= 0.6 is 0 Å². The molecule has 8 heteroatoms. The van der Waals surface area contributed by atoms with Gasteiger partial charge in [-0.15, -0.1) is 0 Å². The predicted octanol–water partition coefficient (Wildman–Crippen LogP) is 2.81. The summed E-state index contributed by atoms with van der Waals surface area (Å²) in [5.74, 6) is -5.03. The number of fused-ring (bicyclic) bond motifs is 1. The Labute approximate surface area is 134 Å². The molecule has 1 saturated heterocycles. The molecule has 0 bridgehead atoms. The van der Waals surface area contributed by atoms with Crippen molar-refractivity contribution in [2.45, 2.75) is 6.18 Å². The van der Waals surface area contributed by atoms with E-state index in [2.05, 4.69) is 4.98 Å². The summed E-state index contributed by atoms with van der Waals surface area (Å²) in [5.41, 5.74) is 0.968. The quantitative estimate of drug-likeness (QED) is 0.913. The summed E-state index contributed by atoms with van der Waals surface area (Å²) in [5, 5.41) is 19.0. The highest BCUT2D eigenvalue weighted by atomic mass is 19.4. The monoisotopic (exact) mass is 335 g/mol. The predicted molar refractivity (Wildman–Crippen MR) is 79.3 cm³/mol. The maximum Gasteiger partial charge on any atom is 0.394 e. The number of hydrogen-bond donors (Lipinski definition) is 1. The largest absolute Gasteiger partial charge is 0.481 e. The zero-order valence-electron chi connectivity index (χ0n) is 12.3. The molecule has 1 aliphatic heterocycles.